The molecule has 0 bridgehead atoms. The molecule has 1 atom stereocenters. The van der Waals surface area contributed by atoms with E-state index in [2.05, 4.69) is 11.2 Å². The SMILES string of the molecule is C#CCNC(=O)COC(=O)[C@]12CCC(=O)N1c1ccccc1C(=O)N2C1CC1. The number of ether oxygens (including phenoxy) is 1. The fourth-order valence-electron chi connectivity index (χ4n) is 3.96. The van der Waals surface area contributed by atoms with E-state index < -0.39 is 24.1 Å². The van der Waals surface area contributed by atoms with Crippen LogP contribution in [-0.2, 0) is 19.1 Å². The van der Waals surface area contributed by atoms with E-state index in [0.29, 0.717) is 11.3 Å². The maximum Gasteiger partial charge on any atom is 0.354 e. The summed E-state index contributed by atoms with van der Waals surface area (Å²) >= 11 is 0. The molecular formula is C20H19N3O5. The van der Waals surface area contributed by atoms with Crippen molar-refractivity contribution in [3.05, 3.63) is 29.8 Å². The summed E-state index contributed by atoms with van der Waals surface area (Å²) in [5.41, 5.74) is -0.753. The molecule has 2 fully saturated rings. The van der Waals surface area contributed by atoms with Gasteiger partial charge in [0.05, 0.1) is 17.8 Å². The summed E-state index contributed by atoms with van der Waals surface area (Å²) in [5.74, 6) is 0.399. The van der Waals surface area contributed by atoms with E-state index in [1.807, 2.05) is 0 Å². The first-order valence-electron chi connectivity index (χ1n) is 9.14. The average Bonchev–Trinajstić information content (AvgIpc) is 3.47. The highest BCUT2D eigenvalue weighted by molar-refractivity contribution is 6.15. The van der Waals surface area contributed by atoms with Gasteiger partial charge < -0.3 is 15.0 Å². The summed E-state index contributed by atoms with van der Waals surface area (Å²) < 4.78 is 5.26. The van der Waals surface area contributed by atoms with Crippen LogP contribution in [0.1, 0.15) is 36.0 Å². The van der Waals surface area contributed by atoms with Gasteiger partial charge >= 0.3 is 5.97 Å². The molecule has 8 nitrogen and oxygen atoms in total. The number of fused-ring (bicyclic) bond motifs is 3. The predicted molar refractivity (Wildman–Crippen MR) is 97.9 cm³/mol. The molecule has 8 heteroatoms. The number of hydrogen-bond donors (Lipinski definition) is 1. The van der Waals surface area contributed by atoms with Crippen molar-refractivity contribution in [2.75, 3.05) is 18.1 Å². The van der Waals surface area contributed by atoms with Crippen molar-refractivity contribution in [1.82, 2.24) is 10.2 Å². The van der Waals surface area contributed by atoms with Gasteiger partial charge in [0.15, 0.2) is 6.61 Å². The second kappa shape index (κ2) is 6.68. The van der Waals surface area contributed by atoms with Gasteiger partial charge in [-0.25, -0.2) is 4.79 Å². The number of anilines is 1. The van der Waals surface area contributed by atoms with Gasteiger partial charge in [-0.15, -0.1) is 6.42 Å². The summed E-state index contributed by atoms with van der Waals surface area (Å²) in [5, 5.41) is 2.41. The summed E-state index contributed by atoms with van der Waals surface area (Å²) in [6.45, 7) is -0.509. The molecule has 0 spiro atoms. The van der Waals surface area contributed by atoms with Gasteiger partial charge in [-0.05, 0) is 25.0 Å². The monoisotopic (exact) mass is 381 g/mol. The Morgan fingerprint density at radius 2 is 2.04 bits per heavy atom. The third kappa shape index (κ3) is 2.62. The fourth-order valence-corrected chi connectivity index (χ4v) is 3.96. The fraction of sp³-hybridized carbons (Fsp3) is 0.400. The van der Waals surface area contributed by atoms with Crippen molar-refractivity contribution < 1.29 is 23.9 Å². The molecule has 1 aliphatic carbocycles. The highest BCUT2D eigenvalue weighted by atomic mass is 16.5. The smallest absolute Gasteiger partial charge is 0.354 e. The van der Waals surface area contributed by atoms with E-state index in [9.17, 15) is 19.2 Å². The largest absolute Gasteiger partial charge is 0.452 e. The van der Waals surface area contributed by atoms with E-state index in [4.69, 9.17) is 11.2 Å². The van der Waals surface area contributed by atoms with E-state index >= 15 is 0 Å². The molecule has 0 aromatic heterocycles. The molecule has 1 N–H and O–H groups in total. The molecule has 28 heavy (non-hydrogen) atoms. The van der Waals surface area contributed by atoms with Gasteiger partial charge in [0.25, 0.3) is 11.8 Å². The lowest BCUT2D eigenvalue weighted by Gasteiger charge is -2.48. The Balaban J connectivity index is 1.71. The van der Waals surface area contributed by atoms with Crippen LogP contribution < -0.4 is 10.2 Å². The number of nitrogens with zero attached hydrogens (tertiary/aromatic N) is 2. The van der Waals surface area contributed by atoms with Crippen molar-refractivity contribution in [3.8, 4) is 12.3 Å². The number of para-hydroxylation sites is 1. The van der Waals surface area contributed by atoms with E-state index in [0.717, 1.165) is 12.8 Å². The number of amides is 3. The van der Waals surface area contributed by atoms with Crippen LogP contribution in [0.4, 0.5) is 5.69 Å². The summed E-state index contributed by atoms with van der Waals surface area (Å²) in [6, 6.07) is 6.62. The maximum atomic E-state index is 13.2. The van der Waals surface area contributed by atoms with Gasteiger partial charge in [0.1, 0.15) is 0 Å². The molecule has 4 rings (SSSR count). The Morgan fingerprint density at radius 3 is 2.75 bits per heavy atom. The van der Waals surface area contributed by atoms with Crippen LogP contribution in [0.15, 0.2) is 24.3 Å². The van der Waals surface area contributed by atoms with Crippen molar-refractivity contribution in [2.45, 2.75) is 37.4 Å². The lowest BCUT2D eigenvalue weighted by molar-refractivity contribution is -0.160. The minimum atomic E-state index is -1.55. The first-order chi connectivity index (χ1) is 13.5. The maximum absolute atomic E-state index is 13.2. The molecular weight excluding hydrogens is 362 g/mol. The molecule has 2 aliphatic heterocycles. The van der Waals surface area contributed by atoms with Crippen molar-refractivity contribution in [2.24, 2.45) is 0 Å². The Hall–Kier alpha value is -3.34. The van der Waals surface area contributed by atoms with Crippen LogP contribution in [0.25, 0.3) is 0 Å². The lowest BCUT2D eigenvalue weighted by atomic mass is 9.96. The van der Waals surface area contributed by atoms with Crippen LogP contribution in [-0.4, -0.2) is 53.4 Å². The molecule has 1 saturated carbocycles. The topological polar surface area (TPSA) is 96.0 Å². The molecule has 144 valence electrons. The molecule has 0 unspecified atom stereocenters. The number of hydrogen-bond acceptors (Lipinski definition) is 5. The summed E-state index contributed by atoms with van der Waals surface area (Å²) in [4.78, 5) is 53.8. The summed E-state index contributed by atoms with van der Waals surface area (Å²) in [6.07, 6.45) is 6.85. The number of carbonyl (C=O) groups is 4. The number of nitrogens with one attached hydrogen (secondary N) is 1. The molecule has 0 radical (unpaired) electrons. The first kappa shape index (κ1) is 18.0. The van der Waals surface area contributed by atoms with Crippen molar-refractivity contribution >= 4 is 29.4 Å². The van der Waals surface area contributed by atoms with E-state index in [1.165, 1.54) is 9.80 Å². The highest BCUT2D eigenvalue weighted by Crippen LogP contribution is 2.49. The van der Waals surface area contributed by atoms with Gasteiger partial charge in [0, 0.05) is 18.9 Å². The number of carbonyl (C=O) groups excluding carboxylic acids is 4. The predicted octanol–water partition coefficient (Wildman–Crippen LogP) is 0.421. The Kier molecular flexibility index (Phi) is 4.30. The Morgan fingerprint density at radius 1 is 1.29 bits per heavy atom. The molecule has 1 aromatic carbocycles. The minimum absolute atomic E-state index is 0.0200. The van der Waals surface area contributed by atoms with Gasteiger partial charge in [0.2, 0.25) is 11.6 Å². The standard InChI is InChI=1S/C20H19N3O5/c1-2-11-21-16(24)12-28-19(27)20-10-9-17(25)23(20)15-6-4-3-5-14(15)18(26)22(20)13-7-8-13/h1,3-6,13H,7-12H2,(H,21,24)/t20-/m0/s1. The zero-order valence-corrected chi connectivity index (χ0v) is 15.1. The molecule has 1 aromatic rings. The molecule has 3 amide bonds. The lowest BCUT2D eigenvalue weighted by Crippen LogP contribution is -2.69. The van der Waals surface area contributed by atoms with Crippen LogP contribution in [0.3, 0.4) is 0 Å². The zero-order valence-electron chi connectivity index (χ0n) is 15.1. The number of rotatable bonds is 5. The van der Waals surface area contributed by atoms with Gasteiger partial charge in [-0.3, -0.25) is 19.3 Å². The van der Waals surface area contributed by atoms with Gasteiger partial charge in [-0.1, -0.05) is 18.1 Å². The third-order valence-corrected chi connectivity index (χ3v) is 5.26. The van der Waals surface area contributed by atoms with Crippen LogP contribution in [0, 0.1) is 12.3 Å². The first-order valence-corrected chi connectivity index (χ1v) is 9.14. The van der Waals surface area contributed by atoms with Gasteiger partial charge in [-0.2, -0.15) is 0 Å². The summed E-state index contributed by atoms with van der Waals surface area (Å²) in [7, 11) is 0. The van der Waals surface area contributed by atoms with E-state index in [1.54, 1.807) is 24.3 Å². The van der Waals surface area contributed by atoms with Crippen LogP contribution in [0.2, 0.25) is 0 Å². The number of esters is 1. The second-order valence-corrected chi connectivity index (χ2v) is 7.03. The normalized spacial score (nSPS) is 23.0. The van der Waals surface area contributed by atoms with Crippen LogP contribution in [0.5, 0.6) is 0 Å². The second-order valence-electron chi connectivity index (χ2n) is 7.03. The molecule has 3 aliphatic rings. The Labute approximate surface area is 161 Å². The molecule has 2 heterocycles. The average molecular weight is 381 g/mol. The number of terminal acetylenes is 1. The van der Waals surface area contributed by atoms with Crippen molar-refractivity contribution in [1.29, 1.82) is 0 Å². The highest BCUT2D eigenvalue weighted by Gasteiger charge is 2.64. The Bertz CT molecular complexity index is 917. The molecule has 1 saturated heterocycles. The van der Waals surface area contributed by atoms with Crippen molar-refractivity contribution in [3.63, 3.8) is 0 Å². The quantitative estimate of drug-likeness (QED) is 0.589. The minimum Gasteiger partial charge on any atom is -0.452 e. The third-order valence-electron chi connectivity index (χ3n) is 5.26. The van der Waals surface area contributed by atoms with E-state index in [-0.39, 0.29) is 37.2 Å². The zero-order chi connectivity index (χ0) is 19.9. The van der Waals surface area contributed by atoms with Crippen LogP contribution >= 0.6 is 0 Å². The number of benzene rings is 1.